The number of carbonyl (C=O) groups excluding carboxylic acids is 1. The van der Waals surface area contributed by atoms with E-state index in [1.807, 2.05) is 43.3 Å². The van der Waals surface area contributed by atoms with Gasteiger partial charge in [-0.05, 0) is 43.2 Å². The number of benzene rings is 1. The number of allylic oxidation sites excluding steroid dienone is 1. The zero-order chi connectivity index (χ0) is 16.4. The summed E-state index contributed by atoms with van der Waals surface area (Å²) in [5.74, 6) is 0.871. The molecule has 5 nitrogen and oxygen atoms in total. The van der Waals surface area contributed by atoms with Gasteiger partial charge in [-0.3, -0.25) is 4.79 Å². The number of aromatic nitrogens is 1. The number of hydrogen-bond donors (Lipinski definition) is 0. The fourth-order valence-electron chi connectivity index (χ4n) is 2.31. The molecule has 1 aromatic carbocycles. The lowest BCUT2D eigenvalue weighted by Crippen LogP contribution is -2.04. The second kappa shape index (κ2) is 5.96. The number of ether oxygens (including phenoxy) is 1. The van der Waals surface area contributed by atoms with Crippen molar-refractivity contribution in [2.75, 3.05) is 0 Å². The molecule has 3 rings (SSSR count). The second-order valence-corrected chi connectivity index (χ2v) is 5.25. The van der Waals surface area contributed by atoms with E-state index in [1.165, 1.54) is 0 Å². The van der Waals surface area contributed by atoms with Crippen molar-refractivity contribution >= 4 is 11.5 Å². The zero-order valence-electron chi connectivity index (χ0n) is 12.9. The average molecular weight is 305 g/mol. The van der Waals surface area contributed by atoms with Crippen LogP contribution in [0.4, 0.5) is 0 Å². The summed E-state index contributed by atoms with van der Waals surface area (Å²) in [6.45, 7) is 7.55. The minimum absolute atomic E-state index is 0.336. The number of nitrogens with zero attached hydrogens (tertiary/aromatic N) is 3. The van der Waals surface area contributed by atoms with Crippen molar-refractivity contribution in [3.05, 3.63) is 71.6 Å². The molecular weight excluding hydrogens is 290 g/mol. The zero-order valence-corrected chi connectivity index (χ0v) is 12.9. The molecule has 0 spiro atoms. The van der Waals surface area contributed by atoms with Gasteiger partial charge in [0.05, 0.1) is 5.70 Å². The highest BCUT2D eigenvalue weighted by atomic mass is 16.5. The molecular formula is C18H15N3O2. The molecule has 0 N–H and O–H groups in total. The van der Waals surface area contributed by atoms with Gasteiger partial charge in [-0.25, -0.2) is 4.98 Å². The van der Waals surface area contributed by atoms with Gasteiger partial charge in [0.25, 0.3) is 5.91 Å². The van der Waals surface area contributed by atoms with Gasteiger partial charge < -0.3 is 4.74 Å². The van der Waals surface area contributed by atoms with Crippen molar-refractivity contribution in [1.82, 2.24) is 4.98 Å². The summed E-state index contributed by atoms with van der Waals surface area (Å²) in [6, 6.07) is 11.1. The van der Waals surface area contributed by atoms with Crippen LogP contribution in [0, 0.1) is 6.92 Å². The second-order valence-electron chi connectivity index (χ2n) is 5.25. The Bertz CT molecular complexity index is 849. The van der Waals surface area contributed by atoms with E-state index >= 15 is 0 Å². The molecule has 1 aromatic heterocycles. The highest BCUT2D eigenvalue weighted by molar-refractivity contribution is 6.05. The van der Waals surface area contributed by atoms with E-state index in [0.717, 1.165) is 11.1 Å². The van der Waals surface area contributed by atoms with Gasteiger partial charge in [0.1, 0.15) is 5.75 Å². The van der Waals surface area contributed by atoms with Crippen LogP contribution >= 0.6 is 0 Å². The number of aryl methyl sites for hydroxylation is 1. The minimum atomic E-state index is -0.336. The molecule has 0 fully saturated rings. The predicted octanol–water partition coefficient (Wildman–Crippen LogP) is 4.46. The van der Waals surface area contributed by atoms with Crippen molar-refractivity contribution in [1.29, 1.82) is 0 Å². The largest absolute Gasteiger partial charge is 0.439 e. The lowest BCUT2D eigenvalue weighted by atomic mass is 9.97. The molecule has 0 aliphatic carbocycles. The Kier molecular flexibility index (Phi) is 3.85. The van der Waals surface area contributed by atoms with Crippen LogP contribution in [0.5, 0.6) is 11.6 Å². The Morgan fingerprint density at radius 3 is 2.48 bits per heavy atom. The number of rotatable bonds is 3. The van der Waals surface area contributed by atoms with Crippen LogP contribution in [-0.4, -0.2) is 10.9 Å². The molecule has 1 aliphatic rings. The normalized spacial score (nSPS) is 14.3. The van der Waals surface area contributed by atoms with Crippen LogP contribution in [-0.2, 0) is 4.79 Å². The van der Waals surface area contributed by atoms with Crippen LogP contribution in [0.1, 0.15) is 18.1 Å². The van der Waals surface area contributed by atoms with Gasteiger partial charge in [0.2, 0.25) is 5.88 Å². The fraction of sp³-hybridized carbons (Fsp3) is 0.111. The topological polar surface area (TPSA) is 63.9 Å². The summed E-state index contributed by atoms with van der Waals surface area (Å²) in [5, 5.41) is 7.35. The number of carbonyl (C=O) groups is 1. The lowest BCUT2D eigenvalue weighted by Gasteiger charge is -2.14. The highest BCUT2D eigenvalue weighted by Crippen LogP contribution is 2.32. The quantitative estimate of drug-likeness (QED) is 0.840. The van der Waals surface area contributed by atoms with E-state index in [9.17, 15) is 4.79 Å². The van der Waals surface area contributed by atoms with E-state index in [-0.39, 0.29) is 5.91 Å². The third-order valence-corrected chi connectivity index (χ3v) is 3.50. The Labute approximate surface area is 134 Å². The summed E-state index contributed by atoms with van der Waals surface area (Å²) in [6.07, 6.45) is 1.70. The third-order valence-electron chi connectivity index (χ3n) is 3.50. The summed E-state index contributed by atoms with van der Waals surface area (Å²) < 4.78 is 5.72. The molecule has 0 saturated carbocycles. The number of azo groups is 1. The monoisotopic (exact) mass is 305 g/mol. The first-order valence-electron chi connectivity index (χ1n) is 7.12. The van der Waals surface area contributed by atoms with Crippen molar-refractivity contribution in [3.8, 4) is 11.6 Å². The summed E-state index contributed by atoms with van der Waals surface area (Å²) >= 11 is 0. The van der Waals surface area contributed by atoms with E-state index in [1.54, 1.807) is 13.1 Å². The first-order chi connectivity index (χ1) is 11.0. The van der Waals surface area contributed by atoms with Gasteiger partial charge in [-0.2, -0.15) is 0 Å². The first kappa shape index (κ1) is 14.8. The number of hydrogen-bond acceptors (Lipinski definition) is 4. The van der Waals surface area contributed by atoms with Gasteiger partial charge in [0, 0.05) is 23.4 Å². The molecule has 1 amide bonds. The molecule has 0 atom stereocenters. The Morgan fingerprint density at radius 2 is 1.78 bits per heavy atom. The van der Waals surface area contributed by atoms with E-state index in [0.29, 0.717) is 28.5 Å². The lowest BCUT2D eigenvalue weighted by molar-refractivity contribution is -0.114. The molecule has 23 heavy (non-hydrogen) atoms. The predicted molar refractivity (Wildman–Crippen MR) is 87.1 cm³/mol. The molecule has 0 unspecified atom stereocenters. The smallest absolute Gasteiger partial charge is 0.291 e. The summed E-state index contributed by atoms with van der Waals surface area (Å²) in [5.41, 5.74) is 3.67. The Hall–Kier alpha value is -3.08. The van der Waals surface area contributed by atoms with Crippen molar-refractivity contribution in [2.45, 2.75) is 13.8 Å². The van der Waals surface area contributed by atoms with E-state index in [2.05, 4.69) is 21.8 Å². The van der Waals surface area contributed by atoms with Crippen LogP contribution in [0.15, 0.2) is 70.7 Å². The van der Waals surface area contributed by atoms with E-state index in [4.69, 9.17) is 4.74 Å². The summed E-state index contributed by atoms with van der Waals surface area (Å²) in [4.78, 5) is 15.8. The van der Waals surface area contributed by atoms with Crippen molar-refractivity contribution in [3.63, 3.8) is 0 Å². The Balaban J connectivity index is 1.86. The van der Waals surface area contributed by atoms with Gasteiger partial charge in [0.15, 0.2) is 0 Å². The maximum atomic E-state index is 11.7. The number of pyridine rings is 1. The maximum Gasteiger partial charge on any atom is 0.291 e. The van der Waals surface area contributed by atoms with E-state index < -0.39 is 0 Å². The maximum absolute atomic E-state index is 11.7. The Morgan fingerprint density at radius 1 is 1.04 bits per heavy atom. The van der Waals surface area contributed by atoms with Crippen LogP contribution in [0.3, 0.4) is 0 Å². The standard InChI is InChI=1S/C18H15N3O2/c1-11-8-9-19-16(10-11)23-15-6-4-14(5-7-15)17-12(2)18(22)21-20-13(17)3/h4-10H,3H2,1-2H3. The molecule has 114 valence electrons. The molecule has 0 bridgehead atoms. The van der Waals surface area contributed by atoms with Gasteiger partial charge in [-0.15, -0.1) is 10.2 Å². The molecule has 2 aromatic rings. The average Bonchev–Trinajstić information content (AvgIpc) is 2.53. The third kappa shape index (κ3) is 3.08. The summed E-state index contributed by atoms with van der Waals surface area (Å²) in [7, 11) is 0. The van der Waals surface area contributed by atoms with Crippen LogP contribution in [0.2, 0.25) is 0 Å². The first-order valence-corrected chi connectivity index (χ1v) is 7.12. The number of amides is 1. The minimum Gasteiger partial charge on any atom is -0.439 e. The van der Waals surface area contributed by atoms with Gasteiger partial charge in [-0.1, -0.05) is 18.7 Å². The molecule has 2 heterocycles. The van der Waals surface area contributed by atoms with Crippen LogP contribution < -0.4 is 4.74 Å². The molecule has 5 heteroatoms. The molecule has 0 radical (unpaired) electrons. The highest BCUT2D eigenvalue weighted by Gasteiger charge is 2.19. The van der Waals surface area contributed by atoms with Crippen molar-refractivity contribution in [2.24, 2.45) is 10.2 Å². The van der Waals surface area contributed by atoms with Gasteiger partial charge >= 0.3 is 0 Å². The SMILES string of the molecule is C=C1N=NC(=O)C(C)=C1c1ccc(Oc2cc(C)ccn2)cc1. The fourth-order valence-corrected chi connectivity index (χ4v) is 2.31. The van der Waals surface area contributed by atoms with Crippen molar-refractivity contribution < 1.29 is 9.53 Å². The van der Waals surface area contributed by atoms with Crippen LogP contribution in [0.25, 0.3) is 5.57 Å². The molecule has 0 saturated heterocycles. The molecule has 1 aliphatic heterocycles.